The van der Waals surface area contributed by atoms with Gasteiger partial charge in [0.25, 0.3) is 5.89 Å². The molecule has 1 aliphatic heterocycles. The minimum atomic E-state index is -0.0196. The fourth-order valence-electron chi connectivity index (χ4n) is 2.31. The van der Waals surface area contributed by atoms with Gasteiger partial charge >= 0.3 is 6.03 Å². The van der Waals surface area contributed by atoms with Crippen LogP contribution in [0.3, 0.4) is 0 Å². The van der Waals surface area contributed by atoms with Gasteiger partial charge in [0.2, 0.25) is 0 Å². The van der Waals surface area contributed by atoms with Gasteiger partial charge in [-0.15, -0.1) is 0 Å². The Morgan fingerprint density at radius 2 is 2.13 bits per heavy atom. The predicted molar refractivity (Wildman–Crippen MR) is 84.1 cm³/mol. The Kier molecular flexibility index (Phi) is 4.45. The van der Waals surface area contributed by atoms with Gasteiger partial charge in [-0.25, -0.2) is 4.79 Å². The van der Waals surface area contributed by atoms with Crippen LogP contribution in [-0.2, 0) is 0 Å². The van der Waals surface area contributed by atoms with E-state index in [4.69, 9.17) is 9.26 Å². The Bertz CT molecular complexity index is 662. The second-order valence-electron chi connectivity index (χ2n) is 5.55. The molecule has 0 atom stereocenters. The number of aryl methyl sites for hydroxylation is 1. The van der Waals surface area contributed by atoms with Crippen LogP contribution >= 0.6 is 0 Å². The molecule has 7 heteroatoms. The number of likely N-dealkylation sites (tertiary alicyclic amines) is 1. The summed E-state index contributed by atoms with van der Waals surface area (Å²) in [7, 11) is 0. The number of hydrogen-bond donors (Lipinski definition) is 1. The van der Waals surface area contributed by atoms with Crippen molar-refractivity contribution in [2.45, 2.75) is 26.4 Å². The van der Waals surface area contributed by atoms with Crippen LogP contribution in [0.2, 0.25) is 0 Å². The highest BCUT2D eigenvalue weighted by atomic mass is 16.5. The number of hydrogen-bond acceptors (Lipinski definition) is 5. The quantitative estimate of drug-likeness (QED) is 0.915. The van der Waals surface area contributed by atoms with Gasteiger partial charge in [-0.1, -0.05) is 12.1 Å². The molecular weight excluding hydrogens is 296 g/mol. The number of benzene rings is 1. The van der Waals surface area contributed by atoms with Crippen molar-refractivity contribution in [3.05, 3.63) is 30.1 Å². The summed E-state index contributed by atoms with van der Waals surface area (Å²) < 4.78 is 11.0. The maximum Gasteiger partial charge on any atom is 0.317 e. The molecule has 1 fully saturated rings. The predicted octanol–water partition coefficient (Wildman–Crippen LogP) is 2.23. The molecule has 1 aromatic heterocycles. The summed E-state index contributed by atoms with van der Waals surface area (Å²) in [5.41, 5.74) is 0.854. The first kappa shape index (κ1) is 15.3. The van der Waals surface area contributed by atoms with Crippen LogP contribution in [0.25, 0.3) is 11.5 Å². The Balaban J connectivity index is 1.49. The average Bonchev–Trinajstić information content (AvgIpc) is 2.95. The number of nitrogens with zero attached hydrogens (tertiary/aromatic N) is 3. The summed E-state index contributed by atoms with van der Waals surface area (Å²) >= 11 is 0. The zero-order valence-electron chi connectivity index (χ0n) is 13.3. The number of urea groups is 1. The molecule has 0 radical (unpaired) electrons. The van der Waals surface area contributed by atoms with Crippen LogP contribution in [0.15, 0.2) is 28.8 Å². The van der Waals surface area contributed by atoms with Crippen LogP contribution in [0.4, 0.5) is 4.79 Å². The number of nitrogens with one attached hydrogen (secondary N) is 1. The van der Waals surface area contributed by atoms with E-state index in [0.717, 1.165) is 17.7 Å². The third-order valence-electron chi connectivity index (χ3n) is 3.59. The van der Waals surface area contributed by atoms with Gasteiger partial charge in [-0.3, -0.25) is 0 Å². The van der Waals surface area contributed by atoms with E-state index >= 15 is 0 Å². The molecule has 0 spiro atoms. The van der Waals surface area contributed by atoms with E-state index in [1.807, 2.05) is 31.2 Å². The molecule has 1 saturated heterocycles. The lowest BCUT2D eigenvalue weighted by Gasteiger charge is -2.38. The number of ether oxygens (including phenoxy) is 1. The lowest BCUT2D eigenvalue weighted by Crippen LogP contribution is -2.58. The molecule has 0 saturated carbocycles. The third-order valence-corrected chi connectivity index (χ3v) is 3.59. The smallest absolute Gasteiger partial charge is 0.317 e. The first-order valence-electron chi connectivity index (χ1n) is 7.76. The van der Waals surface area contributed by atoms with E-state index in [1.54, 1.807) is 11.8 Å². The van der Waals surface area contributed by atoms with Gasteiger partial charge < -0.3 is 19.5 Å². The van der Waals surface area contributed by atoms with Crippen LogP contribution in [-0.4, -0.2) is 46.8 Å². The largest absolute Gasteiger partial charge is 0.487 e. The van der Waals surface area contributed by atoms with E-state index in [1.165, 1.54) is 0 Å². The Morgan fingerprint density at radius 3 is 2.74 bits per heavy atom. The highest BCUT2D eigenvalue weighted by Crippen LogP contribution is 2.23. The van der Waals surface area contributed by atoms with Gasteiger partial charge in [-0.2, -0.15) is 4.98 Å². The molecule has 23 heavy (non-hydrogen) atoms. The fraction of sp³-hybridized carbons (Fsp3) is 0.438. The van der Waals surface area contributed by atoms with Crippen molar-refractivity contribution >= 4 is 6.03 Å². The van der Waals surface area contributed by atoms with E-state index < -0.39 is 0 Å². The van der Waals surface area contributed by atoms with Crippen LogP contribution < -0.4 is 10.1 Å². The molecule has 7 nitrogen and oxygen atoms in total. The summed E-state index contributed by atoms with van der Waals surface area (Å²) in [6.45, 7) is 5.74. The van der Waals surface area contributed by atoms with Gasteiger partial charge in [0.15, 0.2) is 5.82 Å². The van der Waals surface area contributed by atoms with Crippen molar-refractivity contribution in [1.82, 2.24) is 20.4 Å². The number of carbonyl (C=O) groups is 1. The van der Waals surface area contributed by atoms with E-state index in [9.17, 15) is 4.79 Å². The molecule has 1 aromatic carbocycles. The number of rotatable bonds is 5. The Labute approximate surface area is 134 Å². The monoisotopic (exact) mass is 316 g/mol. The zero-order chi connectivity index (χ0) is 16.2. The van der Waals surface area contributed by atoms with Crippen molar-refractivity contribution in [2.24, 2.45) is 0 Å². The van der Waals surface area contributed by atoms with Crippen LogP contribution in [0, 0.1) is 6.92 Å². The molecule has 3 rings (SSSR count). The summed E-state index contributed by atoms with van der Waals surface area (Å²) in [6, 6.07) is 7.48. The van der Waals surface area contributed by atoms with Crippen molar-refractivity contribution in [2.75, 3.05) is 19.6 Å². The van der Waals surface area contributed by atoms with Crippen molar-refractivity contribution in [3.8, 4) is 17.2 Å². The Morgan fingerprint density at radius 1 is 1.39 bits per heavy atom. The van der Waals surface area contributed by atoms with Crippen molar-refractivity contribution in [3.63, 3.8) is 0 Å². The SMILES string of the molecule is CCCNC(=O)N1CC(Oc2ccc(-c3nc(C)no3)cc2)C1. The third kappa shape index (κ3) is 3.61. The molecule has 2 amide bonds. The molecule has 0 unspecified atom stereocenters. The van der Waals surface area contributed by atoms with Gasteiger partial charge in [0, 0.05) is 12.1 Å². The average molecular weight is 316 g/mol. The second-order valence-corrected chi connectivity index (χ2v) is 5.55. The normalized spacial score (nSPS) is 14.4. The topological polar surface area (TPSA) is 80.5 Å². The zero-order valence-corrected chi connectivity index (χ0v) is 13.3. The molecular formula is C16H20N4O3. The maximum atomic E-state index is 11.7. The summed E-state index contributed by atoms with van der Waals surface area (Å²) in [5, 5.41) is 6.63. The van der Waals surface area contributed by atoms with E-state index in [0.29, 0.717) is 31.3 Å². The van der Waals surface area contributed by atoms with Gasteiger partial charge in [0.1, 0.15) is 11.9 Å². The number of carbonyl (C=O) groups excluding carboxylic acids is 1. The number of amides is 2. The lowest BCUT2D eigenvalue weighted by atomic mass is 10.1. The van der Waals surface area contributed by atoms with Crippen molar-refractivity contribution < 1.29 is 14.1 Å². The summed E-state index contributed by atoms with van der Waals surface area (Å²) in [6.07, 6.45) is 0.977. The molecule has 0 bridgehead atoms. The first-order valence-corrected chi connectivity index (χ1v) is 7.76. The molecule has 2 aromatic rings. The van der Waals surface area contributed by atoms with E-state index in [-0.39, 0.29) is 12.1 Å². The minimum absolute atomic E-state index is 0.0196. The molecule has 122 valence electrons. The highest BCUT2D eigenvalue weighted by Gasteiger charge is 2.32. The van der Waals surface area contributed by atoms with Gasteiger partial charge in [-0.05, 0) is 37.6 Å². The summed E-state index contributed by atoms with van der Waals surface area (Å²) in [4.78, 5) is 17.7. The molecule has 1 aliphatic rings. The molecule has 1 N–H and O–H groups in total. The standard InChI is InChI=1S/C16H20N4O3/c1-3-8-17-16(21)20-9-14(10-20)22-13-6-4-12(5-7-13)15-18-11(2)19-23-15/h4-7,14H,3,8-10H2,1-2H3,(H,17,21). The van der Waals surface area contributed by atoms with Crippen molar-refractivity contribution in [1.29, 1.82) is 0 Å². The second kappa shape index (κ2) is 6.68. The fourth-order valence-corrected chi connectivity index (χ4v) is 2.31. The van der Waals surface area contributed by atoms with Crippen LogP contribution in [0.1, 0.15) is 19.2 Å². The first-order chi connectivity index (χ1) is 11.2. The Hall–Kier alpha value is -2.57. The maximum absolute atomic E-state index is 11.7. The molecule has 0 aliphatic carbocycles. The number of aromatic nitrogens is 2. The minimum Gasteiger partial charge on any atom is -0.487 e. The molecule has 2 heterocycles. The highest BCUT2D eigenvalue weighted by molar-refractivity contribution is 5.75. The van der Waals surface area contributed by atoms with E-state index in [2.05, 4.69) is 15.5 Å². The van der Waals surface area contributed by atoms with Gasteiger partial charge in [0.05, 0.1) is 13.1 Å². The lowest BCUT2D eigenvalue weighted by molar-refractivity contribution is 0.0445. The van der Waals surface area contributed by atoms with Crippen LogP contribution in [0.5, 0.6) is 5.75 Å². The summed E-state index contributed by atoms with van der Waals surface area (Å²) in [5.74, 6) is 1.87.